The molecule has 66 valence electrons. The second kappa shape index (κ2) is 2.43. The topological polar surface area (TPSA) is 37.3 Å². The van der Waals surface area contributed by atoms with E-state index in [1.807, 2.05) is 0 Å². The lowest BCUT2D eigenvalue weighted by Gasteiger charge is -2.30. The minimum atomic E-state index is -0.417. The highest BCUT2D eigenvalue weighted by molar-refractivity contribution is 5.84. The molecule has 0 aliphatic heterocycles. The lowest BCUT2D eigenvalue weighted by molar-refractivity contribution is -0.130. The summed E-state index contributed by atoms with van der Waals surface area (Å²) in [4.78, 5) is 11.4. The fourth-order valence-electron chi connectivity index (χ4n) is 2.65. The summed E-state index contributed by atoms with van der Waals surface area (Å²) in [6, 6.07) is 0. The molecule has 0 saturated heterocycles. The first kappa shape index (κ1) is 7.99. The number of carbonyl (C=O) groups excluding carboxylic acids is 1. The van der Waals surface area contributed by atoms with Gasteiger partial charge >= 0.3 is 0 Å². The van der Waals surface area contributed by atoms with Crippen LogP contribution in [0.3, 0.4) is 0 Å². The summed E-state index contributed by atoms with van der Waals surface area (Å²) in [6.45, 7) is 1.62. The van der Waals surface area contributed by atoms with Gasteiger partial charge in [-0.25, -0.2) is 0 Å². The summed E-state index contributed by atoms with van der Waals surface area (Å²) in [5, 5.41) is 9.25. The fourth-order valence-corrected chi connectivity index (χ4v) is 2.65. The SMILES string of the molecule is CC(=O)[C@@]1(CO)C[C@@H]2C=C[C@H]1C2. The average Bonchev–Trinajstić information content (AvgIpc) is 2.62. The summed E-state index contributed by atoms with van der Waals surface area (Å²) < 4.78 is 0. The highest BCUT2D eigenvalue weighted by atomic mass is 16.3. The molecule has 0 aromatic carbocycles. The quantitative estimate of drug-likeness (QED) is 0.625. The highest BCUT2D eigenvalue weighted by Crippen LogP contribution is 2.52. The normalized spacial score (nSPS) is 43.8. The molecule has 2 nitrogen and oxygen atoms in total. The van der Waals surface area contributed by atoms with Gasteiger partial charge in [0.1, 0.15) is 5.78 Å². The van der Waals surface area contributed by atoms with Gasteiger partial charge in [0.25, 0.3) is 0 Å². The van der Waals surface area contributed by atoms with Crippen LogP contribution in [0.15, 0.2) is 12.2 Å². The van der Waals surface area contributed by atoms with Crippen LogP contribution in [0.4, 0.5) is 0 Å². The van der Waals surface area contributed by atoms with E-state index in [1.54, 1.807) is 6.92 Å². The molecule has 1 N–H and O–H groups in total. The molecule has 0 unspecified atom stereocenters. The van der Waals surface area contributed by atoms with E-state index >= 15 is 0 Å². The first-order valence-electron chi connectivity index (χ1n) is 4.49. The average molecular weight is 166 g/mol. The zero-order chi connectivity index (χ0) is 8.77. The Bertz CT molecular complexity index is 244. The van der Waals surface area contributed by atoms with Crippen molar-refractivity contribution in [2.24, 2.45) is 17.3 Å². The van der Waals surface area contributed by atoms with Crippen LogP contribution in [0.25, 0.3) is 0 Å². The van der Waals surface area contributed by atoms with Crippen molar-refractivity contribution in [1.82, 2.24) is 0 Å². The van der Waals surface area contributed by atoms with Gasteiger partial charge in [0.05, 0.1) is 12.0 Å². The van der Waals surface area contributed by atoms with Crippen molar-refractivity contribution in [2.75, 3.05) is 6.61 Å². The molecule has 2 aliphatic carbocycles. The van der Waals surface area contributed by atoms with Gasteiger partial charge in [0.2, 0.25) is 0 Å². The molecular formula is C10H14O2. The van der Waals surface area contributed by atoms with E-state index in [0.29, 0.717) is 11.8 Å². The number of Topliss-reactive ketones (excluding diaryl/α,β-unsaturated/α-hetero) is 1. The van der Waals surface area contributed by atoms with E-state index in [-0.39, 0.29) is 12.4 Å². The maximum atomic E-state index is 11.4. The molecule has 1 saturated carbocycles. The minimum absolute atomic E-state index is 0.0217. The van der Waals surface area contributed by atoms with Gasteiger partial charge in [0.15, 0.2) is 0 Å². The number of aliphatic hydroxyl groups is 1. The number of allylic oxidation sites excluding steroid dienone is 2. The molecular weight excluding hydrogens is 152 g/mol. The molecule has 0 radical (unpaired) electrons. The van der Waals surface area contributed by atoms with Crippen molar-refractivity contribution < 1.29 is 9.90 Å². The van der Waals surface area contributed by atoms with Crippen molar-refractivity contribution in [2.45, 2.75) is 19.8 Å². The van der Waals surface area contributed by atoms with Crippen molar-refractivity contribution in [3.05, 3.63) is 12.2 Å². The van der Waals surface area contributed by atoms with Gasteiger partial charge in [-0.15, -0.1) is 0 Å². The molecule has 0 heterocycles. The van der Waals surface area contributed by atoms with Crippen LogP contribution < -0.4 is 0 Å². The van der Waals surface area contributed by atoms with Crippen LogP contribution in [-0.2, 0) is 4.79 Å². The maximum absolute atomic E-state index is 11.4. The molecule has 3 atom stereocenters. The first-order chi connectivity index (χ1) is 5.69. The van der Waals surface area contributed by atoms with E-state index < -0.39 is 5.41 Å². The van der Waals surface area contributed by atoms with Crippen LogP contribution in [0.2, 0.25) is 0 Å². The molecule has 2 aliphatic rings. The lowest BCUT2D eigenvalue weighted by Crippen LogP contribution is -2.37. The van der Waals surface area contributed by atoms with Crippen LogP contribution in [0.5, 0.6) is 0 Å². The van der Waals surface area contributed by atoms with Gasteiger partial charge < -0.3 is 5.11 Å². The molecule has 0 aromatic heterocycles. The lowest BCUT2D eigenvalue weighted by atomic mass is 9.73. The molecule has 0 aromatic rings. The summed E-state index contributed by atoms with van der Waals surface area (Å²) in [5.74, 6) is 1.01. The summed E-state index contributed by atoms with van der Waals surface area (Å²) in [7, 11) is 0. The highest BCUT2D eigenvalue weighted by Gasteiger charge is 2.50. The second-order valence-electron chi connectivity index (χ2n) is 4.06. The molecule has 2 rings (SSSR count). The molecule has 0 spiro atoms. The molecule has 1 fully saturated rings. The van der Waals surface area contributed by atoms with Gasteiger partial charge in [0, 0.05) is 0 Å². The van der Waals surface area contributed by atoms with Crippen LogP contribution in [0.1, 0.15) is 19.8 Å². The number of hydrogen-bond acceptors (Lipinski definition) is 2. The molecule has 2 bridgehead atoms. The summed E-state index contributed by atoms with van der Waals surface area (Å²) in [6.07, 6.45) is 6.22. The van der Waals surface area contributed by atoms with Crippen molar-refractivity contribution in [3.63, 3.8) is 0 Å². The smallest absolute Gasteiger partial charge is 0.138 e. The Morgan fingerprint density at radius 3 is 2.67 bits per heavy atom. The molecule has 2 heteroatoms. The number of aliphatic hydroxyl groups excluding tert-OH is 1. The zero-order valence-corrected chi connectivity index (χ0v) is 7.29. The third-order valence-corrected chi connectivity index (χ3v) is 3.49. The van der Waals surface area contributed by atoms with Gasteiger partial charge in [-0.1, -0.05) is 12.2 Å². The third-order valence-electron chi connectivity index (χ3n) is 3.49. The molecule has 0 amide bonds. The Kier molecular flexibility index (Phi) is 1.62. The number of ketones is 1. The standard InChI is InChI=1S/C10H14O2/c1-7(12)10(6-11)5-8-2-3-9(10)4-8/h2-3,8-9,11H,4-6H2,1H3/t8-,9+,10+/m1/s1. The van der Waals surface area contributed by atoms with Gasteiger partial charge in [-0.2, -0.15) is 0 Å². The summed E-state index contributed by atoms with van der Waals surface area (Å²) in [5.41, 5.74) is -0.417. The van der Waals surface area contributed by atoms with E-state index in [1.165, 1.54) is 0 Å². The summed E-state index contributed by atoms with van der Waals surface area (Å²) >= 11 is 0. The third kappa shape index (κ3) is 0.816. The van der Waals surface area contributed by atoms with Crippen molar-refractivity contribution in [1.29, 1.82) is 0 Å². The number of hydrogen-bond donors (Lipinski definition) is 1. The number of fused-ring (bicyclic) bond motifs is 2. The zero-order valence-electron chi connectivity index (χ0n) is 7.29. The molecule has 12 heavy (non-hydrogen) atoms. The monoisotopic (exact) mass is 166 g/mol. The Morgan fingerprint density at radius 2 is 2.42 bits per heavy atom. The Labute approximate surface area is 72.3 Å². The predicted molar refractivity (Wildman–Crippen MR) is 45.6 cm³/mol. The predicted octanol–water partition coefficient (Wildman–Crippen LogP) is 1.15. The maximum Gasteiger partial charge on any atom is 0.138 e. The second-order valence-corrected chi connectivity index (χ2v) is 4.06. The number of carbonyl (C=O) groups is 1. The van der Waals surface area contributed by atoms with Crippen LogP contribution >= 0.6 is 0 Å². The van der Waals surface area contributed by atoms with Crippen molar-refractivity contribution >= 4 is 5.78 Å². The number of rotatable bonds is 2. The first-order valence-corrected chi connectivity index (χ1v) is 4.49. The fraction of sp³-hybridized carbons (Fsp3) is 0.700. The van der Waals surface area contributed by atoms with Gasteiger partial charge in [-0.3, -0.25) is 4.79 Å². The van der Waals surface area contributed by atoms with Crippen LogP contribution in [0, 0.1) is 17.3 Å². The Morgan fingerprint density at radius 1 is 1.67 bits per heavy atom. The van der Waals surface area contributed by atoms with E-state index in [9.17, 15) is 9.90 Å². The van der Waals surface area contributed by atoms with E-state index in [2.05, 4.69) is 12.2 Å². The largest absolute Gasteiger partial charge is 0.395 e. The van der Waals surface area contributed by atoms with Crippen molar-refractivity contribution in [3.8, 4) is 0 Å². The van der Waals surface area contributed by atoms with Crippen LogP contribution in [-0.4, -0.2) is 17.5 Å². The van der Waals surface area contributed by atoms with E-state index in [0.717, 1.165) is 12.8 Å². The minimum Gasteiger partial charge on any atom is -0.395 e. The van der Waals surface area contributed by atoms with E-state index in [4.69, 9.17) is 0 Å². The van der Waals surface area contributed by atoms with Gasteiger partial charge in [-0.05, 0) is 31.6 Å². The Balaban J connectivity index is 2.31. The Hall–Kier alpha value is -0.630.